The van der Waals surface area contributed by atoms with E-state index in [4.69, 9.17) is 0 Å². The normalized spacial score (nSPS) is 11.2. The van der Waals surface area contributed by atoms with Gasteiger partial charge in [-0.1, -0.05) is 59.5 Å². The number of hydrogen-bond donors (Lipinski definition) is 1. The topological polar surface area (TPSA) is 72.0 Å². The van der Waals surface area contributed by atoms with E-state index in [0.29, 0.717) is 10.1 Å². The predicted molar refractivity (Wildman–Crippen MR) is 83.5 cm³/mol. The van der Waals surface area contributed by atoms with E-state index in [1.165, 1.54) is 23.1 Å². The van der Waals surface area contributed by atoms with E-state index in [2.05, 4.69) is 21.5 Å². The minimum Gasteiger partial charge on any atom is -0.257 e. The number of nitrogens with one attached hydrogen (secondary N) is 1. The molecule has 0 amide bonds. The van der Waals surface area contributed by atoms with E-state index in [1.807, 2.05) is 6.07 Å². The summed E-state index contributed by atoms with van der Waals surface area (Å²) in [5.74, 6) is 0.633. The molecule has 0 bridgehead atoms. The van der Waals surface area contributed by atoms with Crippen LogP contribution in [0.25, 0.3) is 0 Å². The largest absolute Gasteiger partial charge is 0.257 e. The summed E-state index contributed by atoms with van der Waals surface area (Å²) in [6, 6.07) is 8.99. The van der Waals surface area contributed by atoms with E-state index >= 15 is 0 Å². The Morgan fingerprint density at radius 3 is 2.75 bits per heavy atom. The van der Waals surface area contributed by atoms with Gasteiger partial charge in [-0.25, -0.2) is 8.42 Å². The van der Waals surface area contributed by atoms with Gasteiger partial charge in [-0.15, -0.1) is 16.8 Å². The lowest BCUT2D eigenvalue weighted by Crippen LogP contribution is -2.14. The van der Waals surface area contributed by atoms with Crippen molar-refractivity contribution < 1.29 is 8.42 Å². The maximum absolute atomic E-state index is 12.0. The summed E-state index contributed by atoms with van der Waals surface area (Å²) in [6.07, 6.45) is 1.76. The van der Waals surface area contributed by atoms with Gasteiger partial charge < -0.3 is 0 Å². The number of rotatable bonds is 7. The summed E-state index contributed by atoms with van der Waals surface area (Å²) >= 11 is 2.68. The number of anilines is 1. The van der Waals surface area contributed by atoms with Crippen molar-refractivity contribution in [1.29, 1.82) is 0 Å². The molecule has 106 valence electrons. The van der Waals surface area contributed by atoms with E-state index in [1.54, 1.807) is 30.3 Å². The average molecular weight is 327 g/mol. The molecular formula is C12H13N3O2S3. The molecule has 1 aromatic carbocycles. The summed E-state index contributed by atoms with van der Waals surface area (Å²) < 4.78 is 27.1. The van der Waals surface area contributed by atoms with Gasteiger partial charge in [0, 0.05) is 5.75 Å². The van der Waals surface area contributed by atoms with Gasteiger partial charge in [0.15, 0.2) is 4.34 Å². The lowest BCUT2D eigenvalue weighted by atomic mass is 10.2. The molecule has 0 fully saturated rings. The molecule has 0 aliphatic rings. The zero-order valence-electron chi connectivity index (χ0n) is 10.5. The second-order valence-corrected chi connectivity index (χ2v) is 7.79. The number of benzene rings is 1. The minimum atomic E-state index is -3.47. The molecule has 0 atom stereocenters. The zero-order chi connectivity index (χ0) is 14.4. The summed E-state index contributed by atoms with van der Waals surface area (Å²) in [5, 5.41) is 8.01. The van der Waals surface area contributed by atoms with Crippen LogP contribution in [0.5, 0.6) is 0 Å². The molecule has 0 aliphatic heterocycles. The van der Waals surface area contributed by atoms with Crippen LogP contribution >= 0.6 is 23.1 Å². The van der Waals surface area contributed by atoms with Gasteiger partial charge in [0.25, 0.3) is 0 Å². The van der Waals surface area contributed by atoms with Gasteiger partial charge in [-0.2, -0.15) is 0 Å². The number of sulfonamides is 1. The molecule has 0 aliphatic carbocycles. The molecule has 1 N–H and O–H groups in total. The first-order valence-electron chi connectivity index (χ1n) is 5.71. The van der Waals surface area contributed by atoms with E-state index < -0.39 is 10.0 Å². The van der Waals surface area contributed by atoms with Crippen molar-refractivity contribution in [1.82, 2.24) is 10.2 Å². The van der Waals surface area contributed by atoms with Crippen LogP contribution in [-0.2, 0) is 15.8 Å². The SMILES string of the molecule is C=CCSc1nnc(NS(=O)(=O)Cc2ccccc2)s1. The molecule has 0 saturated carbocycles. The highest BCUT2D eigenvalue weighted by Gasteiger charge is 2.14. The summed E-state index contributed by atoms with van der Waals surface area (Å²) in [5.41, 5.74) is 0.728. The Morgan fingerprint density at radius 1 is 1.30 bits per heavy atom. The van der Waals surface area contributed by atoms with Crippen LogP contribution < -0.4 is 4.72 Å². The zero-order valence-corrected chi connectivity index (χ0v) is 13.0. The molecule has 5 nitrogen and oxygen atoms in total. The fraction of sp³-hybridized carbons (Fsp3) is 0.167. The smallest absolute Gasteiger partial charge is 0.238 e. The van der Waals surface area contributed by atoms with Gasteiger partial charge in [-0.05, 0) is 5.56 Å². The van der Waals surface area contributed by atoms with Crippen LogP contribution in [0.15, 0.2) is 47.3 Å². The Balaban J connectivity index is 2.01. The van der Waals surface area contributed by atoms with Crippen molar-refractivity contribution in [3.8, 4) is 0 Å². The van der Waals surface area contributed by atoms with Gasteiger partial charge in [0.05, 0.1) is 5.75 Å². The molecule has 2 aromatic rings. The summed E-state index contributed by atoms with van der Waals surface area (Å²) in [7, 11) is -3.47. The first-order chi connectivity index (χ1) is 9.59. The number of nitrogens with zero attached hydrogens (tertiary/aromatic N) is 2. The average Bonchev–Trinajstić information content (AvgIpc) is 2.83. The van der Waals surface area contributed by atoms with Crippen LogP contribution in [0.2, 0.25) is 0 Å². The first-order valence-corrected chi connectivity index (χ1v) is 9.16. The molecular weight excluding hydrogens is 314 g/mol. The van der Waals surface area contributed by atoms with Crippen LogP contribution in [-0.4, -0.2) is 24.4 Å². The molecule has 1 aromatic heterocycles. The first kappa shape index (κ1) is 15.0. The number of thioether (sulfide) groups is 1. The molecule has 0 saturated heterocycles. The van der Waals surface area contributed by atoms with Crippen molar-refractivity contribution in [3.63, 3.8) is 0 Å². The van der Waals surface area contributed by atoms with E-state index in [9.17, 15) is 8.42 Å². The number of hydrogen-bond acceptors (Lipinski definition) is 6. The predicted octanol–water partition coefficient (Wildman–Crippen LogP) is 2.76. The minimum absolute atomic E-state index is 0.0808. The third kappa shape index (κ3) is 4.62. The Hall–Kier alpha value is -1.38. The Morgan fingerprint density at radius 2 is 2.05 bits per heavy atom. The van der Waals surface area contributed by atoms with Crippen molar-refractivity contribution in [2.75, 3.05) is 10.5 Å². The second-order valence-electron chi connectivity index (χ2n) is 3.82. The lowest BCUT2D eigenvalue weighted by Gasteiger charge is -2.04. The Kier molecular flexibility index (Phi) is 5.16. The molecule has 0 spiro atoms. The molecule has 1 heterocycles. The number of aromatic nitrogens is 2. The van der Waals surface area contributed by atoms with Gasteiger partial charge >= 0.3 is 0 Å². The summed E-state index contributed by atoms with van der Waals surface area (Å²) in [4.78, 5) is 0. The Bertz CT molecular complexity index is 668. The van der Waals surface area contributed by atoms with Crippen molar-refractivity contribution >= 4 is 38.3 Å². The van der Waals surface area contributed by atoms with Crippen molar-refractivity contribution in [2.24, 2.45) is 0 Å². The molecule has 2 rings (SSSR count). The monoisotopic (exact) mass is 327 g/mol. The summed E-state index contributed by atoms with van der Waals surface area (Å²) in [6.45, 7) is 3.61. The van der Waals surface area contributed by atoms with Crippen LogP contribution in [0.3, 0.4) is 0 Å². The van der Waals surface area contributed by atoms with Gasteiger partial charge in [0.2, 0.25) is 15.2 Å². The highest BCUT2D eigenvalue weighted by Crippen LogP contribution is 2.26. The van der Waals surface area contributed by atoms with E-state index in [-0.39, 0.29) is 10.9 Å². The second kappa shape index (κ2) is 6.87. The molecule has 8 heteroatoms. The molecule has 20 heavy (non-hydrogen) atoms. The lowest BCUT2D eigenvalue weighted by molar-refractivity contribution is 0.600. The fourth-order valence-electron chi connectivity index (χ4n) is 1.40. The third-order valence-corrected chi connectivity index (χ3v) is 5.49. The third-order valence-electron chi connectivity index (χ3n) is 2.17. The molecule has 0 radical (unpaired) electrons. The van der Waals surface area contributed by atoms with Crippen LogP contribution in [0.1, 0.15) is 5.56 Å². The van der Waals surface area contributed by atoms with E-state index in [0.717, 1.165) is 5.56 Å². The van der Waals surface area contributed by atoms with Gasteiger partial charge in [0.1, 0.15) is 0 Å². The standard InChI is InChI=1S/C12H13N3O2S3/c1-2-8-18-12-14-13-11(19-12)15-20(16,17)9-10-6-4-3-5-7-10/h2-7H,1,8-9H2,(H,13,15). The maximum Gasteiger partial charge on any atom is 0.238 e. The van der Waals surface area contributed by atoms with Crippen molar-refractivity contribution in [2.45, 2.75) is 10.1 Å². The van der Waals surface area contributed by atoms with Crippen LogP contribution in [0, 0.1) is 0 Å². The van der Waals surface area contributed by atoms with Crippen LogP contribution in [0.4, 0.5) is 5.13 Å². The quantitative estimate of drug-likeness (QED) is 0.625. The highest BCUT2D eigenvalue weighted by molar-refractivity contribution is 8.01. The fourth-order valence-corrected chi connectivity index (χ4v) is 4.32. The highest BCUT2D eigenvalue weighted by atomic mass is 32.2. The Labute approximate surface area is 126 Å². The van der Waals surface area contributed by atoms with Crippen molar-refractivity contribution in [3.05, 3.63) is 48.6 Å². The van der Waals surface area contributed by atoms with Gasteiger partial charge in [-0.3, -0.25) is 4.72 Å². The maximum atomic E-state index is 12.0. The molecule has 0 unspecified atom stereocenters.